The lowest BCUT2D eigenvalue weighted by Crippen LogP contribution is -2.01. The number of nitrogens with zero attached hydrogens (tertiary/aromatic N) is 1. The third-order valence-electron chi connectivity index (χ3n) is 1.00. The number of rotatable bonds is 1. The molecule has 0 fully saturated rings. The van der Waals surface area contributed by atoms with Crippen molar-refractivity contribution < 1.29 is 8.58 Å². The van der Waals surface area contributed by atoms with Gasteiger partial charge in [-0.15, -0.1) is 0 Å². The molecule has 0 unspecified atom stereocenters. The number of hydrogen-bond donors (Lipinski definition) is 0. The summed E-state index contributed by atoms with van der Waals surface area (Å²) in [7, 11) is 0. The van der Waals surface area contributed by atoms with E-state index in [1.807, 2.05) is 16.6 Å². The quantitative estimate of drug-likeness (QED) is 0.540. The average Bonchev–Trinajstić information content (AvgIpc) is 2.05. The molecule has 0 bridgehead atoms. The lowest BCUT2D eigenvalue weighted by molar-refractivity contribution is 0.0749. The van der Waals surface area contributed by atoms with Gasteiger partial charge in [-0.1, -0.05) is 0 Å². The van der Waals surface area contributed by atoms with E-state index in [0.717, 1.165) is 0 Å². The van der Waals surface area contributed by atoms with Gasteiger partial charge in [0.1, 0.15) is 0 Å². The summed E-state index contributed by atoms with van der Waals surface area (Å²) in [6.45, 7) is 0. The van der Waals surface area contributed by atoms with Gasteiger partial charge in [-0.05, 0) is 12.1 Å². The molecule has 1 aromatic rings. The maximum Gasteiger partial charge on any atom is 0.485 e. The van der Waals surface area contributed by atoms with Crippen LogP contribution in [0.5, 0.6) is 0 Å². The summed E-state index contributed by atoms with van der Waals surface area (Å²) in [6.07, 6.45) is 3.05. The first-order valence-electron chi connectivity index (χ1n) is 2.65. The minimum absolute atomic E-state index is 0.391. The normalized spacial score (nSPS) is 8.80. The Morgan fingerprint density at radius 2 is 2.50 bits per heavy atom. The van der Waals surface area contributed by atoms with Gasteiger partial charge in [-0.25, -0.2) is 4.79 Å². The van der Waals surface area contributed by atoms with Crippen molar-refractivity contribution in [1.82, 2.24) is 4.98 Å². The molecule has 0 aliphatic heterocycles. The molecule has 3 nitrogen and oxygen atoms in total. The fraction of sp³-hybridized carbons (Fsp3) is 0. The summed E-state index contributed by atoms with van der Waals surface area (Å²) in [4.78, 5) is 14.5. The molecule has 1 aromatic heterocycles. The van der Waals surface area contributed by atoms with Crippen LogP contribution < -0.4 is 0 Å². The zero-order valence-corrected chi connectivity index (χ0v) is 6.31. The minimum atomic E-state index is -0.391. The highest BCUT2D eigenvalue weighted by molar-refractivity contribution is 6.09. The van der Waals surface area contributed by atoms with E-state index in [-0.39, 0.29) is 0 Å². The van der Waals surface area contributed by atoms with Crippen LogP contribution in [-0.4, -0.2) is 27.6 Å². The minimum Gasteiger partial charge on any atom is -0.624 e. The standard InChI is InChI=1S/C6H5NO2.Al/c8-6(9)5-2-1-3-7-4-5;/h1-4H,(H,8,9);/q;+1/p-1. The summed E-state index contributed by atoms with van der Waals surface area (Å²) >= 11 is 1.89. The van der Waals surface area contributed by atoms with Crippen LogP contribution in [0.2, 0.25) is 0 Å². The van der Waals surface area contributed by atoms with Crippen LogP contribution >= 0.6 is 0 Å². The van der Waals surface area contributed by atoms with Gasteiger partial charge in [0.15, 0.2) is 0 Å². The van der Waals surface area contributed by atoms with Crippen molar-refractivity contribution in [2.75, 3.05) is 0 Å². The van der Waals surface area contributed by atoms with E-state index in [1.54, 1.807) is 18.3 Å². The topological polar surface area (TPSA) is 39.2 Å². The Bertz CT molecular complexity index is 224. The van der Waals surface area contributed by atoms with Crippen LogP contribution in [0.4, 0.5) is 0 Å². The molecule has 1 rings (SSSR count). The summed E-state index contributed by atoms with van der Waals surface area (Å²) in [6, 6.07) is 3.32. The molecule has 10 heavy (non-hydrogen) atoms. The van der Waals surface area contributed by atoms with Gasteiger partial charge >= 0.3 is 22.6 Å². The average molecular weight is 149 g/mol. The lowest BCUT2D eigenvalue weighted by atomic mass is 10.3. The van der Waals surface area contributed by atoms with E-state index in [2.05, 4.69) is 8.77 Å². The summed E-state index contributed by atoms with van der Waals surface area (Å²) in [5.41, 5.74) is 0.456. The Kier molecular flexibility index (Phi) is 2.43. The summed E-state index contributed by atoms with van der Waals surface area (Å²) in [5.74, 6) is -0.391. The van der Waals surface area contributed by atoms with Gasteiger partial charge in [-0.2, -0.15) is 0 Å². The Balaban J connectivity index is 2.85. The van der Waals surface area contributed by atoms with E-state index in [9.17, 15) is 4.79 Å². The molecule has 2 radical (unpaired) electrons. The Labute approximate surface area is 66.8 Å². The zero-order chi connectivity index (χ0) is 7.40. The predicted octanol–water partition coefficient (Wildman–Crippen LogP) is 0.322. The molecule has 4 heteroatoms. The van der Waals surface area contributed by atoms with Crippen LogP contribution in [0.15, 0.2) is 24.5 Å². The van der Waals surface area contributed by atoms with Crippen LogP contribution in [0.3, 0.4) is 0 Å². The predicted molar refractivity (Wildman–Crippen MR) is 35.4 cm³/mol. The van der Waals surface area contributed by atoms with Crippen molar-refractivity contribution in [1.29, 1.82) is 0 Å². The van der Waals surface area contributed by atoms with Gasteiger partial charge in [0.25, 0.3) is 0 Å². The highest BCUT2D eigenvalue weighted by Crippen LogP contribution is 1.95. The van der Waals surface area contributed by atoms with E-state index in [0.29, 0.717) is 5.56 Å². The molecular formula is C6H4AlNO2. The number of carbonyl (C=O) groups excluding carboxylic acids is 1. The number of carbonyl (C=O) groups is 1. The molecule has 0 N–H and O–H groups in total. The van der Waals surface area contributed by atoms with Crippen molar-refractivity contribution in [2.24, 2.45) is 0 Å². The van der Waals surface area contributed by atoms with Gasteiger partial charge in [0.2, 0.25) is 0 Å². The molecule has 1 heterocycles. The van der Waals surface area contributed by atoms with Crippen LogP contribution in [0, 0.1) is 0 Å². The van der Waals surface area contributed by atoms with Crippen molar-refractivity contribution in [2.45, 2.75) is 0 Å². The second-order valence-corrected chi connectivity index (χ2v) is 1.88. The first-order chi connectivity index (χ1) is 4.84. The second kappa shape index (κ2) is 3.35. The molecule has 0 saturated heterocycles. The fourth-order valence-corrected chi connectivity index (χ4v) is 0.688. The molecule has 0 aliphatic carbocycles. The lowest BCUT2D eigenvalue weighted by Gasteiger charge is -1.97. The Morgan fingerprint density at radius 1 is 1.70 bits per heavy atom. The van der Waals surface area contributed by atoms with E-state index in [4.69, 9.17) is 0 Å². The fourth-order valence-electron chi connectivity index (χ4n) is 0.552. The van der Waals surface area contributed by atoms with Crippen LogP contribution in [0.1, 0.15) is 10.4 Å². The molecular weight excluding hydrogens is 145 g/mol. The molecule has 48 valence electrons. The number of aromatic nitrogens is 1. The first kappa shape index (κ1) is 7.26. The van der Waals surface area contributed by atoms with Gasteiger partial charge < -0.3 is 3.79 Å². The molecule has 0 aliphatic rings. The number of hydrogen-bond acceptors (Lipinski definition) is 3. The SMILES string of the molecule is O=C([O][Al])c1cccnc1. The van der Waals surface area contributed by atoms with Crippen LogP contribution in [-0.2, 0) is 3.79 Å². The van der Waals surface area contributed by atoms with Crippen molar-refractivity contribution >= 4 is 22.6 Å². The van der Waals surface area contributed by atoms with Gasteiger partial charge in [0, 0.05) is 12.4 Å². The van der Waals surface area contributed by atoms with Crippen molar-refractivity contribution in [3.05, 3.63) is 30.1 Å². The maximum atomic E-state index is 10.7. The number of pyridine rings is 1. The van der Waals surface area contributed by atoms with E-state index < -0.39 is 5.97 Å². The highest BCUT2D eigenvalue weighted by Gasteiger charge is 2.00. The zero-order valence-electron chi connectivity index (χ0n) is 5.15. The second-order valence-electron chi connectivity index (χ2n) is 1.65. The molecule has 0 aromatic carbocycles. The Morgan fingerprint density at radius 3 is 3.00 bits per heavy atom. The van der Waals surface area contributed by atoms with Gasteiger partial charge in [-0.3, -0.25) is 4.98 Å². The molecule has 0 spiro atoms. The third-order valence-corrected chi connectivity index (χ3v) is 1.22. The maximum absolute atomic E-state index is 10.7. The van der Waals surface area contributed by atoms with Crippen molar-refractivity contribution in [3.63, 3.8) is 0 Å². The molecule has 0 amide bonds. The third kappa shape index (κ3) is 1.57. The largest absolute Gasteiger partial charge is 0.624 e. The van der Waals surface area contributed by atoms with E-state index in [1.165, 1.54) is 6.20 Å². The molecule has 0 saturated carbocycles. The summed E-state index contributed by atoms with van der Waals surface area (Å²) in [5, 5.41) is 0. The van der Waals surface area contributed by atoms with Gasteiger partial charge in [0.05, 0.1) is 5.56 Å². The molecule has 0 atom stereocenters. The Hall–Kier alpha value is -0.848. The highest BCUT2D eigenvalue weighted by atomic mass is 27.1. The smallest absolute Gasteiger partial charge is 0.485 e. The monoisotopic (exact) mass is 149 g/mol. The van der Waals surface area contributed by atoms with Crippen LogP contribution in [0.25, 0.3) is 0 Å². The van der Waals surface area contributed by atoms with Crippen molar-refractivity contribution in [3.8, 4) is 0 Å². The first-order valence-corrected chi connectivity index (χ1v) is 3.13. The summed E-state index contributed by atoms with van der Waals surface area (Å²) < 4.78 is 4.37. The van der Waals surface area contributed by atoms with E-state index >= 15 is 0 Å².